The van der Waals surface area contributed by atoms with Crippen LogP contribution in [0.3, 0.4) is 0 Å². The fourth-order valence-electron chi connectivity index (χ4n) is 5.87. The predicted octanol–water partition coefficient (Wildman–Crippen LogP) is 6.99. The molecule has 6 rings (SSSR count). The molecule has 0 saturated carbocycles. The summed E-state index contributed by atoms with van der Waals surface area (Å²) in [4.78, 5) is 39.9. The Morgan fingerprint density at radius 2 is 1.57 bits per heavy atom. The maximum Gasteiger partial charge on any atom is 0.619 e. The van der Waals surface area contributed by atoms with Gasteiger partial charge in [-0.2, -0.15) is 4.89 Å². The van der Waals surface area contributed by atoms with Crippen LogP contribution in [0.1, 0.15) is 61.8 Å². The molecule has 3 aliphatic heterocycles. The van der Waals surface area contributed by atoms with Crippen LogP contribution in [-0.2, 0) is 43.4 Å². The third-order valence-electron chi connectivity index (χ3n) is 8.81. The number of nitrogens with one attached hydrogen (secondary N) is 2. The molecule has 60 heavy (non-hydrogen) atoms. The van der Waals surface area contributed by atoms with E-state index in [1.54, 1.807) is 26.3 Å². The minimum absolute atomic E-state index is 0.0143. The van der Waals surface area contributed by atoms with Crippen molar-refractivity contribution in [2.75, 3.05) is 41.7 Å². The number of aromatic nitrogens is 4. The first-order valence-electron chi connectivity index (χ1n) is 18.0. The number of hydrogen-bond donors (Lipinski definition) is 3. The first-order chi connectivity index (χ1) is 28.8. The van der Waals surface area contributed by atoms with Crippen LogP contribution in [0.2, 0.25) is 0 Å². The summed E-state index contributed by atoms with van der Waals surface area (Å²) in [7, 11) is -0.434. The van der Waals surface area contributed by atoms with Gasteiger partial charge < -0.3 is 23.5 Å². The number of nitrogens with zero attached hydrogens (tertiary/aromatic N) is 2. The van der Waals surface area contributed by atoms with E-state index in [0.717, 1.165) is 12.0 Å². The highest BCUT2D eigenvalue weighted by Gasteiger charge is 2.47. The molecule has 17 nitrogen and oxygen atoms in total. The van der Waals surface area contributed by atoms with Crippen LogP contribution in [0, 0.1) is 34.0 Å². The van der Waals surface area contributed by atoms with E-state index >= 15 is 0 Å². The lowest BCUT2D eigenvalue weighted by Crippen LogP contribution is -2.28. The molecule has 6 unspecified atom stereocenters. The molecule has 3 aromatic rings. The van der Waals surface area contributed by atoms with Crippen LogP contribution in [0.25, 0.3) is 0 Å². The third kappa shape index (κ3) is 12.4. The molecular formula is C38H46FN4O13P2S2+. The predicted molar refractivity (Wildman–Crippen MR) is 225 cm³/mol. The molecule has 0 aliphatic carbocycles. The molecule has 2 aromatic heterocycles. The van der Waals surface area contributed by atoms with Gasteiger partial charge in [0.1, 0.15) is 28.3 Å². The lowest BCUT2D eigenvalue weighted by Gasteiger charge is -2.26. The van der Waals surface area contributed by atoms with Gasteiger partial charge in [0.05, 0.1) is 65.1 Å². The normalized spacial score (nSPS) is 21.6. The Morgan fingerprint density at radius 1 is 1.00 bits per heavy atom. The molecule has 0 radical (unpaired) electrons. The molecule has 22 heteroatoms. The van der Waals surface area contributed by atoms with Gasteiger partial charge in [0.25, 0.3) is 0 Å². The molecular weight excluding hydrogens is 866 g/mol. The van der Waals surface area contributed by atoms with Gasteiger partial charge >= 0.3 is 28.2 Å². The number of terminal acetylenes is 2. The summed E-state index contributed by atoms with van der Waals surface area (Å²) in [6.45, 7) is 6.08. The van der Waals surface area contributed by atoms with E-state index < -0.39 is 41.0 Å². The number of allylic oxidation sites excluding steroid dienone is 1. The van der Waals surface area contributed by atoms with Crippen LogP contribution < -0.4 is 20.6 Å². The van der Waals surface area contributed by atoms with E-state index in [1.165, 1.54) is 29.6 Å². The Labute approximate surface area is 358 Å². The molecule has 3 aliphatic rings. The van der Waals surface area contributed by atoms with Crippen LogP contribution in [0.5, 0.6) is 11.5 Å². The molecule has 0 amide bonds. The largest absolute Gasteiger partial charge is 0.619 e. The maximum absolute atomic E-state index is 12.2. The molecule has 3 N–H and O–H groups in total. The summed E-state index contributed by atoms with van der Waals surface area (Å²) in [6.07, 6.45) is 16.4. The molecule has 2 fully saturated rings. The van der Waals surface area contributed by atoms with Gasteiger partial charge in [0.15, 0.2) is 17.3 Å². The highest BCUT2D eigenvalue weighted by atomic mass is 32.1. The van der Waals surface area contributed by atoms with Crippen molar-refractivity contribution in [2.24, 2.45) is 0 Å². The van der Waals surface area contributed by atoms with Gasteiger partial charge in [-0.3, -0.25) is 37.1 Å². The number of fused-ring (bicyclic) bond motifs is 1. The van der Waals surface area contributed by atoms with Gasteiger partial charge in [0.2, 0.25) is 5.76 Å². The van der Waals surface area contributed by atoms with Crippen LogP contribution >= 0.6 is 41.2 Å². The van der Waals surface area contributed by atoms with E-state index in [9.17, 15) is 18.9 Å². The number of H-pyrrole nitrogens is 2. The Morgan fingerprint density at radius 3 is 2.07 bits per heavy atom. The van der Waals surface area contributed by atoms with Crippen LogP contribution in [-0.4, -0.2) is 77.9 Å². The summed E-state index contributed by atoms with van der Waals surface area (Å²) in [6, 6.07) is 5.63. The smallest absolute Gasteiger partial charge is 0.493 e. The zero-order valence-corrected chi connectivity index (χ0v) is 36.8. The van der Waals surface area contributed by atoms with Crippen molar-refractivity contribution in [1.82, 2.24) is 19.1 Å². The van der Waals surface area contributed by atoms with Crippen LogP contribution in [0.15, 0.2) is 64.4 Å². The van der Waals surface area contributed by atoms with Crippen molar-refractivity contribution in [2.45, 2.75) is 63.9 Å². The van der Waals surface area contributed by atoms with Crippen molar-refractivity contribution in [3.63, 3.8) is 0 Å². The van der Waals surface area contributed by atoms with Crippen molar-refractivity contribution in [3.05, 3.63) is 102 Å². The number of alkyl halides is 1. The van der Waals surface area contributed by atoms with Crippen molar-refractivity contribution < 1.29 is 55.4 Å². The summed E-state index contributed by atoms with van der Waals surface area (Å²) in [5.74, 6) is 6.59. The highest BCUT2D eigenvalue weighted by Crippen LogP contribution is 2.60. The SMILES string of the molecule is C#Cc1cn(C2CCC(COP3OCc4cccc(OC)c4O3)O2)c(=O)[nH]c1=S.C#Cc1cn(C2CCC(CO[P+](O)(OC)OC(=C)/C(=C\C)OC)O2)c(=O)[nH]c1=S.CF. The average Bonchev–Trinajstić information content (AvgIpc) is 3.94. The Bertz CT molecular complexity index is 2310. The van der Waals surface area contributed by atoms with E-state index in [2.05, 4.69) is 28.4 Å². The number of benzene rings is 1. The fraction of sp³-hybridized carbons (Fsp3) is 0.421. The van der Waals surface area contributed by atoms with Crippen molar-refractivity contribution in [1.29, 1.82) is 0 Å². The van der Waals surface area contributed by atoms with Gasteiger partial charge in [0, 0.05) is 18.0 Å². The lowest BCUT2D eigenvalue weighted by atomic mass is 10.2. The summed E-state index contributed by atoms with van der Waals surface area (Å²) in [5, 5.41) is 0. The van der Waals surface area contributed by atoms with Gasteiger partial charge in [-0.15, -0.1) is 21.9 Å². The second-order valence-electron chi connectivity index (χ2n) is 12.4. The van der Waals surface area contributed by atoms with Gasteiger partial charge in [-0.05, 0) is 51.3 Å². The highest BCUT2D eigenvalue weighted by molar-refractivity contribution is 7.71. The number of methoxy groups -OCH3 is 2. The number of rotatable bonds is 14. The molecule has 0 bridgehead atoms. The molecule has 1 aromatic carbocycles. The molecule has 324 valence electrons. The standard InChI is InChI=1S/C19H19N2O6PS.C18H23N2O7PS.CH3F/c1-3-12-9-21(19(22)20-18(12)29)16-8-7-14(26-16)11-25-28-24-10-13-5-4-6-15(23-2)17(13)27-28;1-6-13-10-20(18(21)19-17(13)29)16-9-8-14(26-16)11-25-28(22,24-5)27-12(3)15(7-2)23-4;1-2/h1,4-6,9,14,16H,7-8,10-11H2,2H3,(H,20,22,29);1,7,10,14,16,22H,3,8-9,11H2,2,4-5H3;1H3/p+1/b;15-7+;. The van der Waals surface area contributed by atoms with E-state index in [0.29, 0.717) is 61.4 Å². The van der Waals surface area contributed by atoms with E-state index in [-0.39, 0.29) is 40.0 Å². The second-order valence-corrected chi connectivity index (χ2v) is 16.1. The van der Waals surface area contributed by atoms with Gasteiger partial charge in [-0.1, -0.05) is 48.4 Å². The van der Waals surface area contributed by atoms with Gasteiger partial charge in [-0.25, -0.2) is 9.59 Å². The Hall–Kier alpha value is -4.27. The quantitative estimate of drug-likeness (QED) is 0.0493. The summed E-state index contributed by atoms with van der Waals surface area (Å²) < 4.78 is 68.1. The Kier molecular flexibility index (Phi) is 18.6. The maximum atomic E-state index is 12.2. The molecule has 5 heterocycles. The minimum atomic E-state index is -3.67. The fourth-order valence-corrected chi connectivity index (χ4v) is 8.30. The number of ether oxygens (including phenoxy) is 4. The summed E-state index contributed by atoms with van der Waals surface area (Å²) in [5.41, 5.74) is 0.983. The van der Waals surface area contributed by atoms with E-state index in [1.807, 2.05) is 18.2 Å². The lowest BCUT2D eigenvalue weighted by molar-refractivity contribution is -0.0293. The number of para-hydroxylation sites is 1. The first-order valence-corrected chi connectivity index (χ1v) is 21.4. The minimum Gasteiger partial charge on any atom is -0.493 e. The number of hydrogen-bond acceptors (Lipinski definition) is 15. The zero-order chi connectivity index (χ0) is 44.0. The average molecular weight is 912 g/mol. The summed E-state index contributed by atoms with van der Waals surface area (Å²) >= 11 is 10.1. The molecule has 2 saturated heterocycles. The van der Waals surface area contributed by atoms with Crippen LogP contribution in [0.4, 0.5) is 4.39 Å². The topological polar surface area (TPSA) is 188 Å². The molecule has 6 atom stereocenters. The van der Waals surface area contributed by atoms with E-state index in [4.69, 9.17) is 83.4 Å². The monoisotopic (exact) mass is 911 g/mol. The number of halogens is 1. The zero-order valence-electron chi connectivity index (χ0n) is 33.4. The third-order valence-corrected chi connectivity index (χ3v) is 11.9. The molecule has 0 spiro atoms. The first kappa shape index (κ1) is 48.4. The van der Waals surface area contributed by atoms with Crippen molar-refractivity contribution in [3.8, 4) is 36.2 Å². The number of aromatic amines is 2. The van der Waals surface area contributed by atoms with Crippen molar-refractivity contribution >= 4 is 41.2 Å². The second kappa shape index (κ2) is 23.1. The Balaban J connectivity index is 0.000000254.